The summed E-state index contributed by atoms with van der Waals surface area (Å²) < 4.78 is 36.3. The van der Waals surface area contributed by atoms with Crippen molar-refractivity contribution in [2.24, 2.45) is 5.92 Å². The molecule has 1 aliphatic heterocycles. The van der Waals surface area contributed by atoms with E-state index in [4.69, 9.17) is 4.74 Å². The molecule has 2 aromatic carbocycles. The first-order valence-electron chi connectivity index (χ1n) is 12.5. The lowest BCUT2D eigenvalue weighted by Crippen LogP contribution is -2.47. The zero-order chi connectivity index (χ0) is 26.6. The zero-order valence-electron chi connectivity index (χ0n) is 21.5. The third-order valence-electron chi connectivity index (χ3n) is 7.01. The number of aryl methyl sites for hydroxylation is 1. The molecule has 0 saturated carbocycles. The van der Waals surface area contributed by atoms with E-state index in [1.165, 1.54) is 4.31 Å². The molecule has 1 aromatic heterocycles. The molecule has 200 valence electrons. The summed E-state index contributed by atoms with van der Waals surface area (Å²) in [6.07, 6.45) is 2.02. The Hall–Kier alpha value is -2.86. The highest BCUT2D eigenvalue weighted by Gasteiger charge is 2.31. The topological polar surface area (TPSA) is 118 Å². The second-order valence-corrected chi connectivity index (χ2v) is 11.8. The van der Waals surface area contributed by atoms with Gasteiger partial charge in [0, 0.05) is 39.0 Å². The number of sulfonamides is 1. The van der Waals surface area contributed by atoms with Gasteiger partial charge in [-0.1, -0.05) is 42.5 Å². The molecule has 11 heteroatoms. The Labute approximate surface area is 217 Å². The van der Waals surface area contributed by atoms with Gasteiger partial charge in [0.2, 0.25) is 15.9 Å². The van der Waals surface area contributed by atoms with Gasteiger partial charge in [-0.25, -0.2) is 13.1 Å². The van der Waals surface area contributed by atoms with Crippen LogP contribution in [0.15, 0.2) is 53.6 Å². The van der Waals surface area contributed by atoms with Crippen molar-refractivity contribution in [2.75, 3.05) is 26.7 Å². The van der Waals surface area contributed by atoms with E-state index in [2.05, 4.69) is 10.3 Å². The molecular formula is C26H35N5O5S. The van der Waals surface area contributed by atoms with E-state index in [1.807, 2.05) is 31.2 Å². The summed E-state index contributed by atoms with van der Waals surface area (Å²) in [6, 6.07) is 12.4. The van der Waals surface area contributed by atoms with Gasteiger partial charge < -0.3 is 14.7 Å². The Morgan fingerprint density at radius 3 is 2.73 bits per heavy atom. The summed E-state index contributed by atoms with van der Waals surface area (Å²) in [5, 5.41) is 19.7. The molecular weight excluding hydrogens is 494 g/mol. The lowest BCUT2D eigenvalue weighted by Gasteiger charge is -2.35. The summed E-state index contributed by atoms with van der Waals surface area (Å²) in [5.74, 6) is -0.275. The normalized spacial score (nSPS) is 20.9. The lowest BCUT2D eigenvalue weighted by atomic mass is 10.0. The fraction of sp³-hybridized carbons (Fsp3) is 0.500. The van der Waals surface area contributed by atoms with Crippen LogP contribution in [0.1, 0.15) is 32.4 Å². The van der Waals surface area contributed by atoms with E-state index in [0.717, 1.165) is 16.5 Å². The summed E-state index contributed by atoms with van der Waals surface area (Å²) in [7, 11) is -2.25. The predicted molar refractivity (Wildman–Crippen MR) is 139 cm³/mol. The summed E-state index contributed by atoms with van der Waals surface area (Å²) in [4.78, 5) is 14.9. The minimum atomic E-state index is -3.80. The van der Waals surface area contributed by atoms with Gasteiger partial charge in [-0.15, -0.1) is 5.10 Å². The number of amides is 1. The average molecular weight is 530 g/mol. The van der Waals surface area contributed by atoms with Crippen LogP contribution in [0.3, 0.4) is 0 Å². The van der Waals surface area contributed by atoms with Crippen molar-refractivity contribution >= 4 is 26.7 Å². The fourth-order valence-electron chi connectivity index (χ4n) is 4.61. The molecule has 0 unspecified atom stereocenters. The highest BCUT2D eigenvalue weighted by Crippen LogP contribution is 2.24. The molecule has 0 bridgehead atoms. The van der Waals surface area contributed by atoms with Gasteiger partial charge in [-0.05, 0) is 36.2 Å². The number of nitrogens with zero attached hydrogens (tertiary/aromatic N) is 5. The number of aliphatic hydroxyl groups excluding tert-OH is 1. The van der Waals surface area contributed by atoms with E-state index in [9.17, 15) is 18.3 Å². The number of ether oxygens (including phenoxy) is 1. The molecule has 1 amide bonds. The van der Waals surface area contributed by atoms with E-state index in [-0.39, 0.29) is 42.5 Å². The van der Waals surface area contributed by atoms with Crippen LogP contribution >= 0.6 is 0 Å². The first kappa shape index (κ1) is 27.2. The van der Waals surface area contributed by atoms with Crippen molar-refractivity contribution in [1.82, 2.24) is 24.2 Å². The average Bonchev–Trinajstić information content (AvgIpc) is 3.34. The number of hydrogen-bond acceptors (Lipinski definition) is 7. The number of benzene rings is 2. The van der Waals surface area contributed by atoms with Crippen LogP contribution in [0, 0.1) is 5.92 Å². The van der Waals surface area contributed by atoms with Crippen LogP contribution in [-0.2, 0) is 32.7 Å². The summed E-state index contributed by atoms with van der Waals surface area (Å²) in [5.41, 5.74) is 0.769. The van der Waals surface area contributed by atoms with Gasteiger partial charge in [-0.3, -0.25) is 4.79 Å². The number of carbonyl (C=O) groups is 1. The number of rotatable bonds is 6. The first-order chi connectivity index (χ1) is 17.7. The number of carbonyl (C=O) groups excluding carboxylic acids is 1. The minimum absolute atomic E-state index is 0.0634. The number of aromatic nitrogens is 3. The molecule has 1 N–H and O–H groups in total. The van der Waals surface area contributed by atoms with Crippen molar-refractivity contribution in [2.45, 2.75) is 56.9 Å². The van der Waals surface area contributed by atoms with Gasteiger partial charge in [0.1, 0.15) is 0 Å². The number of likely N-dealkylation sites (N-methyl/N-ethyl adjacent to an activating group) is 1. The monoisotopic (exact) mass is 529 g/mol. The highest BCUT2D eigenvalue weighted by atomic mass is 32.2. The Kier molecular flexibility index (Phi) is 8.58. The molecule has 0 aliphatic carbocycles. The molecule has 3 atom stereocenters. The lowest BCUT2D eigenvalue weighted by molar-refractivity contribution is -0.136. The van der Waals surface area contributed by atoms with Crippen LogP contribution in [0.4, 0.5) is 0 Å². The van der Waals surface area contributed by atoms with Gasteiger partial charge in [0.05, 0.1) is 42.1 Å². The van der Waals surface area contributed by atoms with E-state index < -0.39 is 16.1 Å². The van der Waals surface area contributed by atoms with Crippen molar-refractivity contribution in [3.8, 4) is 0 Å². The van der Waals surface area contributed by atoms with E-state index in [1.54, 1.807) is 47.9 Å². The van der Waals surface area contributed by atoms with Crippen LogP contribution in [0.2, 0.25) is 0 Å². The van der Waals surface area contributed by atoms with Gasteiger partial charge in [0.15, 0.2) is 0 Å². The molecule has 1 aliphatic rings. The fourth-order valence-corrected chi connectivity index (χ4v) is 5.82. The van der Waals surface area contributed by atoms with E-state index >= 15 is 0 Å². The smallest absolute Gasteiger partial charge is 0.242 e. The second kappa shape index (κ2) is 11.7. The number of hydrogen-bond donors (Lipinski definition) is 1. The standard InChI is InChI=1S/C26H35N5O5S/c1-19-15-30(20(2)17-32)26(33)9-6-12-31-23(14-27-28-31)18-36-25(19)16-29(3)37(34,35)24-11-10-21-7-4-5-8-22(21)13-24/h4-5,7-8,10-11,13-14,19-20,25,32H,6,9,12,15-18H2,1-3H3/t19-,20+,25-/m1/s1. The maximum atomic E-state index is 13.5. The SMILES string of the molecule is C[C@@H]1CN([C@@H](C)CO)C(=O)CCCn2nncc2CO[C@@H]1CN(C)S(=O)(=O)c1ccc2ccccc2c1. The molecule has 37 heavy (non-hydrogen) atoms. The van der Waals surface area contributed by atoms with Crippen molar-refractivity contribution < 1.29 is 23.1 Å². The second-order valence-electron chi connectivity index (χ2n) is 9.75. The molecule has 2 heterocycles. The molecule has 0 spiro atoms. The predicted octanol–water partition coefficient (Wildman–Crippen LogP) is 2.28. The largest absolute Gasteiger partial charge is 0.394 e. The highest BCUT2D eigenvalue weighted by molar-refractivity contribution is 7.89. The van der Waals surface area contributed by atoms with Crippen LogP contribution < -0.4 is 0 Å². The van der Waals surface area contributed by atoms with Crippen molar-refractivity contribution in [1.29, 1.82) is 0 Å². The van der Waals surface area contributed by atoms with Crippen molar-refractivity contribution in [3.05, 3.63) is 54.4 Å². The van der Waals surface area contributed by atoms with Crippen LogP contribution in [-0.4, -0.2) is 82.5 Å². The number of fused-ring (bicyclic) bond motifs is 2. The molecule has 4 rings (SSSR count). The van der Waals surface area contributed by atoms with E-state index in [0.29, 0.717) is 25.9 Å². The first-order valence-corrected chi connectivity index (χ1v) is 14.0. The van der Waals surface area contributed by atoms with Gasteiger partial charge in [0.25, 0.3) is 0 Å². The van der Waals surface area contributed by atoms with Crippen molar-refractivity contribution in [3.63, 3.8) is 0 Å². The summed E-state index contributed by atoms with van der Waals surface area (Å²) >= 11 is 0. The Morgan fingerprint density at radius 2 is 1.97 bits per heavy atom. The Morgan fingerprint density at radius 1 is 1.22 bits per heavy atom. The third-order valence-corrected chi connectivity index (χ3v) is 8.83. The number of aliphatic hydroxyl groups is 1. The molecule has 0 saturated heterocycles. The Bertz CT molecular complexity index is 1330. The molecule has 0 radical (unpaired) electrons. The minimum Gasteiger partial charge on any atom is -0.394 e. The van der Waals surface area contributed by atoms with Gasteiger partial charge >= 0.3 is 0 Å². The van der Waals surface area contributed by atoms with Gasteiger partial charge in [-0.2, -0.15) is 4.31 Å². The quantitative estimate of drug-likeness (QED) is 0.521. The zero-order valence-corrected chi connectivity index (χ0v) is 22.3. The maximum Gasteiger partial charge on any atom is 0.242 e. The molecule has 3 aromatic rings. The third kappa shape index (κ3) is 6.18. The maximum absolute atomic E-state index is 13.5. The van der Waals surface area contributed by atoms with Crippen LogP contribution in [0.5, 0.6) is 0 Å². The summed E-state index contributed by atoms with van der Waals surface area (Å²) in [6.45, 7) is 4.75. The molecule has 10 nitrogen and oxygen atoms in total. The van der Waals surface area contributed by atoms with Crippen LogP contribution in [0.25, 0.3) is 10.8 Å². The molecule has 0 fully saturated rings. The Balaban J connectivity index is 1.60.